The highest BCUT2D eigenvalue weighted by molar-refractivity contribution is 6.02. The van der Waals surface area contributed by atoms with Crippen molar-refractivity contribution in [1.29, 1.82) is 0 Å². The number of aromatic amines is 1. The predicted octanol–water partition coefficient (Wildman–Crippen LogP) is 2.29. The molecule has 30 heavy (non-hydrogen) atoms. The Morgan fingerprint density at radius 3 is 2.60 bits per heavy atom. The van der Waals surface area contributed by atoms with Crippen molar-refractivity contribution >= 4 is 17.1 Å². The van der Waals surface area contributed by atoms with E-state index in [9.17, 15) is 14.7 Å². The molecule has 0 aliphatic rings. The minimum absolute atomic E-state index is 0.0372. The van der Waals surface area contributed by atoms with Crippen LogP contribution in [0.2, 0.25) is 0 Å². The number of amides is 1. The molecule has 4 aromatic rings. The number of nitrogens with two attached hydrogens (primary N) is 1. The van der Waals surface area contributed by atoms with E-state index in [0.29, 0.717) is 12.3 Å². The normalized spacial score (nSPS) is 11.0. The van der Waals surface area contributed by atoms with Crippen molar-refractivity contribution in [3.05, 3.63) is 64.2 Å². The number of nitrogens with zero attached hydrogens (tertiary/aromatic N) is 3. The van der Waals surface area contributed by atoms with Gasteiger partial charge in [-0.3, -0.25) is 4.79 Å². The largest absolute Gasteiger partial charge is 0.504 e. The fourth-order valence-corrected chi connectivity index (χ4v) is 3.19. The van der Waals surface area contributed by atoms with Gasteiger partial charge in [-0.05, 0) is 38.1 Å². The van der Waals surface area contributed by atoms with E-state index in [1.54, 1.807) is 37.3 Å². The second-order valence-electron chi connectivity index (χ2n) is 6.65. The number of fused-ring (bicyclic) bond motifs is 1. The van der Waals surface area contributed by atoms with E-state index in [1.165, 1.54) is 4.57 Å². The topological polar surface area (TPSA) is 136 Å². The van der Waals surface area contributed by atoms with Gasteiger partial charge in [-0.2, -0.15) is 0 Å². The Hall–Kier alpha value is -4.14. The summed E-state index contributed by atoms with van der Waals surface area (Å²) in [5, 5.41) is 10.6. The lowest BCUT2D eigenvalue weighted by molar-refractivity contribution is 0.0997. The summed E-state index contributed by atoms with van der Waals surface area (Å²) in [5.41, 5.74) is 6.99. The third-order valence-corrected chi connectivity index (χ3v) is 4.60. The molecule has 1 amide bonds. The molecule has 2 aromatic heterocycles. The van der Waals surface area contributed by atoms with Crippen molar-refractivity contribution in [1.82, 2.24) is 19.5 Å². The van der Waals surface area contributed by atoms with Crippen molar-refractivity contribution in [2.45, 2.75) is 13.8 Å². The number of carbonyl (C=O) groups is 1. The number of rotatable bonds is 5. The molecule has 0 unspecified atom stereocenters. The summed E-state index contributed by atoms with van der Waals surface area (Å²) in [6, 6.07) is 12.1. The molecular weight excluding hydrogens is 386 g/mol. The van der Waals surface area contributed by atoms with E-state index >= 15 is 0 Å². The zero-order valence-corrected chi connectivity index (χ0v) is 16.3. The number of imidazole rings is 1. The number of para-hydroxylation sites is 1. The monoisotopic (exact) mass is 405 g/mol. The second-order valence-corrected chi connectivity index (χ2v) is 6.65. The maximum atomic E-state index is 12.7. The zero-order valence-electron chi connectivity index (χ0n) is 16.3. The Balaban J connectivity index is 2.03. The van der Waals surface area contributed by atoms with E-state index in [2.05, 4.69) is 15.0 Å². The molecule has 0 aliphatic heterocycles. The van der Waals surface area contributed by atoms with Crippen LogP contribution in [0.1, 0.15) is 23.0 Å². The van der Waals surface area contributed by atoms with Gasteiger partial charge in [-0.1, -0.05) is 23.8 Å². The highest BCUT2D eigenvalue weighted by Crippen LogP contribution is 2.36. The van der Waals surface area contributed by atoms with E-state index in [4.69, 9.17) is 10.5 Å². The zero-order chi connectivity index (χ0) is 21.4. The number of nitrogens with one attached hydrogen (secondary N) is 1. The average molecular weight is 405 g/mol. The molecule has 0 atom stereocenters. The Morgan fingerprint density at radius 2 is 1.93 bits per heavy atom. The van der Waals surface area contributed by atoms with Crippen LogP contribution in [0.25, 0.3) is 28.2 Å². The van der Waals surface area contributed by atoms with Crippen LogP contribution in [0, 0.1) is 6.92 Å². The van der Waals surface area contributed by atoms with E-state index in [1.807, 2.05) is 19.1 Å². The molecule has 0 spiro atoms. The maximum absolute atomic E-state index is 12.7. The molecule has 9 heteroatoms. The van der Waals surface area contributed by atoms with Gasteiger partial charge >= 0.3 is 5.69 Å². The van der Waals surface area contributed by atoms with Gasteiger partial charge in [-0.15, -0.1) is 0 Å². The Labute approximate surface area is 170 Å². The summed E-state index contributed by atoms with van der Waals surface area (Å²) < 4.78 is 6.74. The van der Waals surface area contributed by atoms with Gasteiger partial charge in [0, 0.05) is 0 Å². The van der Waals surface area contributed by atoms with E-state index < -0.39 is 11.6 Å². The van der Waals surface area contributed by atoms with Crippen LogP contribution >= 0.6 is 0 Å². The van der Waals surface area contributed by atoms with Crippen LogP contribution in [0.5, 0.6) is 11.5 Å². The average Bonchev–Trinajstić information content (AvgIpc) is 3.05. The van der Waals surface area contributed by atoms with Gasteiger partial charge in [0.15, 0.2) is 28.7 Å². The van der Waals surface area contributed by atoms with Crippen LogP contribution in [-0.4, -0.2) is 37.1 Å². The molecule has 2 heterocycles. The first-order valence-corrected chi connectivity index (χ1v) is 9.25. The van der Waals surface area contributed by atoms with Crippen molar-refractivity contribution in [2.24, 2.45) is 5.73 Å². The van der Waals surface area contributed by atoms with Crippen LogP contribution < -0.4 is 16.2 Å². The number of hydrogen-bond acceptors (Lipinski definition) is 6. The van der Waals surface area contributed by atoms with Crippen LogP contribution in [-0.2, 0) is 0 Å². The van der Waals surface area contributed by atoms with Crippen LogP contribution in [0.4, 0.5) is 0 Å². The lowest BCUT2D eigenvalue weighted by Crippen LogP contribution is -2.15. The van der Waals surface area contributed by atoms with E-state index in [-0.39, 0.29) is 39.7 Å². The smallest absolute Gasteiger partial charge is 0.332 e. The number of ether oxygens (including phenoxy) is 1. The first-order valence-electron chi connectivity index (χ1n) is 9.25. The molecule has 152 valence electrons. The fourth-order valence-electron chi connectivity index (χ4n) is 3.19. The van der Waals surface area contributed by atoms with Gasteiger partial charge < -0.3 is 20.6 Å². The highest BCUT2D eigenvalue weighted by Gasteiger charge is 2.22. The SMILES string of the molecule is CCOc1cccc(-c2nc(C(N)=O)c3[nH]c(=O)n(-c4ccc(C)cc4)c3n2)c1O. The minimum Gasteiger partial charge on any atom is -0.504 e. The van der Waals surface area contributed by atoms with Gasteiger partial charge in [0.2, 0.25) is 0 Å². The van der Waals surface area contributed by atoms with Gasteiger partial charge in [0.1, 0.15) is 5.52 Å². The Kier molecular flexibility index (Phi) is 4.71. The number of phenols is 1. The third-order valence-electron chi connectivity index (χ3n) is 4.60. The summed E-state index contributed by atoms with van der Waals surface area (Å²) in [5.74, 6) is -0.713. The summed E-state index contributed by atoms with van der Waals surface area (Å²) in [4.78, 5) is 36.0. The molecule has 0 bridgehead atoms. The summed E-state index contributed by atoms with van der Waals surface area (Å²) >= 11 is 0. The summed E-state index contributed by atoms with van der Waals surface area (Å²) in [6.07, 6.45) is 0. The fraction of sp³-hybridized carbons (Fsp3) is 0.143. The lowest BCUT2D eigenvalue weighted by Gasteiger charge is -2.10. The maximum Gasteiger partial charge on any atom is 0.332 e. The summed E-state index contributed by atoms with van der Waals surface area (Å²) in [7, 11) is 0. The van der Waals surface area contributed by atoms with Crippen molar-refractivity contribution in [3.8, 4) is 28.6 Å². The minimum atomic E-state index is -0.832. The van der Waals surface area contributed by atoms with Crippen LogP contribution in [0.3, 0.4) is 0 Å². The van der Waals surface area contributed by atoms with Gasteiger partial charge in [0.05, 0.1) is 17.9 Å². The second kappa shape index (κ2) is 7.36. The number of hydrogen-bond donors (Lipinski definition) is 3. The molecular formula is C21H19N5O4. The number of phenolic OH excluding ortho intramolecular Hbond substituents is 1. The number of primary amides is 1. The lowest BCUT2D eigenvalue weighted by atomic mass is 10.1. The number of aromatic nitrogens is 4. The first kappa shape index (κ1) is 19.2. The first-order chi connectivity index (χ1) is 14.4. The molecule has 9 nitrogen and oxygen atoms in total. The quantitative estimate of drug-likeness (QED) is 0.466. The molecule has 2 aromatic carbocycles. The molecule has 0 saturated heterocycles. The third kappa shape index (κ3) is 3.16. The number of carbonyl (C=O) groups excluding carboxylic acids is 1. The van der Waals surface area contributed by atoms with Gasteiger partial charge in [-0.25, -0.2) is 19.3 Å². The molecule has 0 radical (unpaired) electrons. The molecule has 4 N–H and O–H groups in total. The summed E-state index contributed by atoms with van der Waals surface area (Å²) in [6.45, 7) is 4.08. The number of benzene rings is 2. The predicted molar refractivity (Wildman–Crippen MR) is 111 cm³/mol. The number of H-pyrrole nitrogens is 1. The molecule has 0 aliphatic carbocycles. The molecule has 0 saturated carbocycles. The molecule has 0 fully saturated rings. The highest BCUT2D eigenvalue weighted by atomic mass is 16.5. The van der Waals surface area contributed by atoms with Crippen LogP contribution in [0.15, 0.2) is 47.3 Å². The van der Waals surface area contributed by atoms with Crippen molar-refractivity contribution < 1.29 is 14.6 Å². The number of aryl methyl sites for hydroxylation is 1. The molecule has 4 rings (SSSR count). The van der Waals surface area contributed by atoms with Gasteiger partial charge in [0.25, 0.3) is 5.91 Å². The standard InChI is InChI=1S/C21H19N5O4/c1-3-30-14-6-4-5-13(17(14)27)19-23-15(18(22)28)16-20(25-19)26(21(29)24-16)12-9-7-11(2)8-10-12/h4-10,27H,3H2,1-2H3,(H2,22,28)(H,24,29). The Bertz CT molecular complexity index is 1320. The van der Waals surface area contributed by atoms with Crippen molar-refractivity contribution in [3.63, 3.8) is 0 Å². The van der Waals surface area contributed by atoms with Crippen molar-refractivity contribution in [2.75, 3.05) is 6.61 Å². The number of aromatic hydroxyl groups is 1. The Morgan fingerprint density at radius 1 is 1.20 bits per heavy atom. The van der Waals surface area contributed by atoms with E-state index in [0.717, 1.165) is 5.56 Å².